The summed E-state index contributed by atoms with van der Waals surface area (Å²) < 4.78 is 5.26. The summed E-state index contributed by atoms with van der Waals surface area (Å²) in [7, 11) is 1.66. The Kier molecular flexibility index (Phi) is 4.09. The van der Waals surface area contributed by atoms with Crippen molar-refractivity contribution in [3.05, 3.63) is 23.8 Å². The highest BCUT2D eigenvalue weighted by atomic mass is 16.5. The van der Waals surface area contributed by atoms with Crippen LogP contribution in [0.5, 0.6) is 5.75 Å². The number of benzene rings is 1. The van der Waals surface area contributed by atoms with Gasteiger partial charge in [-0.1, -0.05) is 6.42 Å². The van der Waals surface area contributed by atoms with E-state index in [0.717, 1.165) is 36.0 Å². The first-order chi connectivity index (χ1) is 8.78. The minimum absolute atomic E-state index is 0.733. The molecule has 96 valence electrons. The van der Waals surface area contributed by atoms with Gasteiger partial charge in [0.15, 0.2) is 0 Å². The van der Waals surface area contributed by atoms with E-state index in [1.807, 2.05) is 18.2 Å². The van der Waals surface area contributed by atoms with Gasteiger partial charge in [-0.05, 0) is 37.8 Å². The lowest BCUT2D eigenvalue weighted by Crippen LogP contribution is -2.32. The molecule has 0 bridgehead atoms. The molecule has 1 aliphatic carbocycles. The number of nitrogens with zero attached hydrogens (tertiary/aromatic N) is 2. The molecule has 0 amide bonds. The van der Waals surface area contributed by atoms with Crippen LogP contribution in [-0.2, 0) is 0 Å². The van der Waals surface area contributed by atoms with Crippen LogP contribution in [0.1, 0.15) is 31.7 Å². The zero-order chi connectivity index (χ0) is 13.0. The average Bonchev–Trinajstić information content (AvgIpc) is 2.37. The fourth-order valence-electron chi connectivity index (χ4n) is 2.38. The van der Waals surface area contributed by atoms with Crippen LogP contribution < -0.4 is 9.64 Å². The second-order valence-electron chi connectivity index (χ2n) is 4.83. The van der Waals surface area contributed by atoms with Gasteiger partial charge in [0.1, 0.15) is 11.8 Å². The molecule has 0 aliphatic heterocycles. The molecule has 0 heterocycles. The lowest BCUT2D eigenvalue weighted by atomic mass is 9.85. The summed E-state index contributed by atoms with van der Waals surface area (Å²) in [6.45, 7) is 4.12. The van der Waals surface area contributed by atoms with Crippen LogP contribution in [0.2, 0.25) is 0 Å². The molecule has 1 aromatic carbocycles. The average molecular weight is 244 g/mol. The van der Waals surface area contributed by atoms with Crippen LogP contribution >= 0.6 is 0 Å². The quantitative estimate of drug-likeness (QED) is 0.798. The molecule has 0 atom stereocenters. The van der Waals surface area contributed by atoms with Crippen molar-refractivity contribution in [1.29, 1.82) is 5.26 Å². The Balaban J connectivity index is 2.24. The SMILES string of the molecule is CCN(CC1CCC1)c1cc(OC)ccc1C#N. The summed E-state index contributed by atoms with van der Waals surface area (Å²) in [5.41, 5.74) is 1.74. The maximum atomic E-state index is 9.21. The fraction of sp³-hybridized carbons (Fsp3) is 0.533. The number of anilines is 1. The Morgan fingerprint density at radius 1 is 1.44 bits per heavy atom. The van der Waals surface area contributed by atoms with Gasteiger partial charge < -0.3 is 9.64 Å². The Morgan fingerprint density at radius 2 is 2.22 bits per heavy atom. The summed E-state index contributed by atoms with van der Waals surface area (Å²) in [6.07, 6.45) is 4.00. The minimum atomic E-state index is 0.733. The second-order valence-corrected chi connectivity index (χ2v) is 4.83. The Labute approximate surface area is 109 Å². The van der Waals surface area contributed by atoms with Crippen molar-refractivity contribution in [1.82, 2.24) is 0 Å². The molecule has 1 aliphatic rings. The van der Waals surface area contributed by atoms with Gasteiger partial charge in [0.25, 0.3) is 0 Å². The van der Waals surface area contributed by atoms with Crippen LogP contribution in [0, 0.1) is 17.2 Å². The highest BCUT2D eigenvalue weighted by Crippen LogP contribution is 2.31. The van der Waals surface area contributed by atoms with Crippen molar-refractivity contribution in [3.8, 4) is 11.8 Å². The van der Waals surface area contributed by atoms with Crippen molar-refractivity contribution in [2.75, 3.05) is 25.1 Å². The Morgan fingerprint density at radius 3 is 2.72 bits per heavy atom. The van der Waals surface area contributed by atoms with E-state index < -0.39 is 0 Å². The second kappa shape index (κ2) is 5.77. The molecule has 1 fully saturated rings. The first-order valence-corrected chi connectivity index (χ1v) is 6.61. The van der Waals surface area contributed by atoms with E-state index in [1.165, 1.54) is 19.3 Å². The predicted molar refractivity (Wildman–Crippen MR) is 72.9 cm³/mol. The lowest BCUT2D eigenvalue weighted by molar-refractivity contribution is 0.318. The molecule has 1 saturated carbocycles. The largest absolute Gasteiger partial charge is 0.497 e. The third-order valence-corrected chi connectivity index (χ3v) is 3.75. The first-order valence-electron chi connectivity index (χ1n) is 6.61. The van der Waals surface area contributed by atoms with Crippen LogP contribution in [-0.4, -0.2) is 20.2 Å². The molecule has 1 aromatic rings. The number of methoxy groups -OCH3 is 1. The maximum Gasteiger partial charge on any atom is 0.121 e. The molecule has 0 radical (unpaired) electrons. The van der Waals surface area contributed by atoms with Gasteiger partial charge in [0.05, 0.1) is 18.4 Å². The third kappa shape index (κ3) is 2.59. The number of hydrogen-bond acceptors (Lipinski definition) is 3. The van der Waals surface area contributed by atoms with Gasteiger partial charge in [-0.25, -0.2) is 0 Å². The summed E-state index contributed by atoms with van der Waals surface area (Å²) in [5.74, 6) is 1.61. The summed E-state index contributed by atoms with van der Waals surface area (Å²) >= 11 is 0. The van der Waals surface area contributed by atoms with Crippen molar-refractivity contribution < 1.29 is 4.74 Å². The number of nitriles is 1. The highest BCUT2D eigenvalue weighted by Gasteiger charge is 2.21. The summed E-state index contributed by atoms with van der Waals surface area (Å²) in [5, 5.41) is 9.21. The van der Waals surface area contributed by atoms with E-state index in [4.69, 9.17) is 4.74 Å². The van der Waals surface area contributed by atoms with Crippen LogP contribution in [0.4, 0.5) is 5.69 Å². The van der Waals surface area contributed by atoms with Gasteiger partial charge in [0.2, 0.25) is 0 Å². The molecular formula is C15H20N2O. The van der Waals surface area contributed by atoms with Crippen LogP contribution in [0.3, 0.4) is 0 Å². The third-order valence-electron chi connectivity index (χ3n) is 3.75. The minimum Gasteiger partial charge on any atom is -0.497 e. The van der Waals surface area contributed by atoms with Crippen molar-refractivity contribution in [2.24, 2.45) is 5.92 Å². The van der Waals surface area contributed by atoms with E-state index in [9.17, 15) is 5.26 Å². The van der Waals surface area contributed by atoms with E-state index >= 15 is 0 Å². The van der Waals surface area contributed by atoms with Crippen molar-refractivity contribution in [3.63, 3.8) is 0 Å². The highest BCUT2D eigenvalue weighted by molar-refractivity contribution is 5.62. The van der Waals surface area contributed by atoms with Gasteiger partial charge >= 0.3 is 0 Å². The molecule has 3 heteroatoms. The standard InChI is InChI=1S/C15H20N2O/c1-3-17(11-12-5-4-6-12)15-9-14(18-2)8-7-13(15)10-16/h7-9,12H,3-6,11H2,1-2H3. The lowest BCUT2D eigenvalue weighted by Gasteiger charge is -2.33. The smallest absolute Gasteiger partial charge is 0.121 e. The molecule has 3 nitrogen and oxygen atoms in total. The molecule has 0 unspecified atom stereocenters. The number of rotatable bonds is 5. The van der Waals surface area contributed by atoms with Crippen LogP contribution in [0.15, 0.2) is 18.2 Å². The van der Waals surface area contributed by atoms with E-state index in [-0.39, 0.29) is 0 Å². The summed E-state index contributed by atoms with van der Waals surface area (Å²) in [6, 6.07) is 7.94. The normalized spacial score (nSPS) is 14.7. The van der Waals surface area contributed by atoms with Gasteiger partial charge in [-0.2, -0.15) is 5.26 Å². The van der Waals surface area contributed by atoms with Gasteiger partial charge in [-0.15, -0.1) is 0 Å². The monoisotopic (exact) mass is 244 g/mol. The van der Waals surface area contributed by atoms with Crippen molar-refractivity contribution >= 4 is 5.69 Å². The molecule has 18 heavy (non-hydrogen) atoms. The topological polar surface area (TPSA) is 36.3 Å². The van der Waals surface area contributed by atoms with Gasteiger partial charge in [-0.3, -0.25) is 0 Å². The van der Waals surface area contributed by atoms with E-state index in [0.29, 0.717) is 0 Å². The predicted octanol–water partition coefficient (Wildman–Crippen LogP) is 3.19. The number of hydrogen-bond donors (Lipinski definition) is 0. The van der Waals surface area contributed by atoms with E-state index in [1.54, 1.807) is 7.11 Å². The van der Waals surface area contributed by atoms with Crippen molar-refractivity contribution in [2.45, 2.75) is 26.2 Å². The zero-order valence-corrected chi connectivity index (χ0v) is 11.1. The molecule has 0 aromatic heterocycles. The molecular weight excluding hydrogens is 224 g/mol. The van der Waals surface area contributed by atoms with Gasteiger partial charge in [0, 0.05) is 19.2 Å². The molecule has 0 spiro atoms. The number of ether oxygens (including phenoxy) is 1. The summed E-state index contributed by atoms with van der Waals surface area (Å²) in [4.78, 5) is 2.30. The first kappa shape index (κ1) is 12.8. The maximum absolute atomic E-state index is 9.21. The van der Waals surface area contributed by atoms with E-state index in [2.05, 4.69) is 17.9 Å². The molecule has 2 rings (SSSR count). The zero-order valence-electron chi connectivity index (χ0n) is 11.1. The fourth-order valence-corrected chi connectivity index (χ4v) is 2.38. The van der Waals surface area contributed by atoms with Crippen LogP contribution in [0.25, 0.3) is 0 Å². The molecule has 0 saturated heterocycles. The Bertz CT molecular complexity index is 446. The Hall–Kier alpha value is -1.69. The molecule has 0 N–H and O–H groups in total.